The highest BCUT2D eigenvalue weighted by Crippen LogP contribution is 2.20. The molecule has 0 aliphatic carbocycles. The Hall–Kier alpha value is -4.45. The molecule has 2 heterocycles. The average molecular weight is 705 g/mol. The number of para-hydroxylation sites is 1. The lowest BCUT2D eigenvalue weighted by atomic mass is 10.00. The molecule has 1 fully saturated rings. The van der Waals surface area contributed by atoms with Gasteiger partial charge in [0.2, 0.25) is 23.6 Å². The number of hydrogen-bond donors (Lipinski definition) is 3. The maximum Gasteiger partial charge on any atom is 0.255 e. The second-order valence-corrected chi connectivity index (χ2v) is 14.2. The third-order valence-electron chi connectivity index (χ3n) is 9.49. The highest BCUT2D eigenvalue weighted by atomic mass is 16.5. The van der Waals surface area contributed by atoms with Crippen LogP contribution < -0.4 is 20.7 Å². The molecule has 12 heteroatoms. The second kappa shape index (κ2) is 19.8. The number of fused-ring (bicyclic) bond motifs is 1. The van der Waals surface area contributed by atoms with Gasteiger partial charge in [-0.1, -0.05) is 69.2 Å². The number of hydrogen-bond acceptors (Lipinski definition) is 7. The zero-order chi connectivity index (χ0) is 36.8. The Kier molecular flexibility index (Phi) is 15.3. The van der Waals surface area contributed by atoms with Crippen molar-refractivity contribution in [2.24, 2.45) is 5.92 Å². The molecule has 5 amide bonds. The van der Waals surface area contributed by atoms with Crippen molar-refractivity contribution in [2.45, 2.75) is 83.3 Å². The average Bonchev–Trinajstić information content (AvgIpc) is 3.12. The molecule has 12 nitrogen and oxygen atoms in total. The predicted molar refractivity (Wildman–Crippen MR) is 196 cm³/mol. The molecule has 0 saturated carbocycles. The van der Waals surface area contributed by atoms with Crippen molar-refractivity contribution in [3.05, 3.63) is 65.7 Å². The second-order valence-electron chi connectivity index (χ2n) is 14.2. The summed E-state index contributed by atoms with van der Waals surface area (Å²) in [6, 6.07) is 13.7. The van der Waals surface area contributed by atoms with E-state index in [1.165, 1.54) is 0 Å². The van der Waals surface area contributed by atoms with Crippen molar-refractivity contribution in [1.82, 2.24) is 30.7 Å². The Bertz CT molecular complexity index is 1460. The Balaban J connectivity index is 1.60. The summed E-state index contributed by atoms with van der Waals surface area (Å²) in [5.74, 6) is -1.19. The highest BCUT2D eigenvalue weighted by molar-refractivity contribution is 6.00. The molecule has 0 unspecified atom stereocenters. The summed E-state index contributed by atoms with van der Waals surface area (Å²) in [7, 11) is 3.75. The molecule has 278 valence electrons. The normalized spacial score (nSPS) is 22.8. The van der Waals surface area contributed by atoms with Gasteiger partial charge in [0.15, 0.2) is 0 Å². The van der Waals surface area contributed by atoms with Crippen LogP contribution in [0, 0.1) is 5.92 Å². The molecule has 0 radical (unpaired) electrons. The molecule has 2 aromatic rings. The van der Waals surface area contributed by atoms with Crippen molar-refractivity contribution in [2.75, 3.05) is 53.4 Å². The van der Waals surface area contributed by atoms with E-state index in [4.69, 9.17) is 4.74 Å². The lowest BCUT2D eigenvalue weighted by Gasteiger charge is -2.35. The number of nitrogens with zero attached hydrogens (tertiary/aromatic N) is 3. The SMILES string of the molecule is CC(C)C[C@@H]1NC(=O)[C@H](Cc2ccccc2)NC(=O)CC[C@@H](C(=O)N2CCN(C)CC2)NC(=O)c2ccccc2OCCCCCCN(C)C1=O. The molecular formula is C39H56N6O6. The summed E-state index contributed by atoms with van der Waals surface area (Å²) < 4.78 is 6.04. The third-order valence-corrected chi connectivity index (χ3v) is 9.49. The Morgan fingerprint density at radius 3 is 2.22 bits per heavy atom. The Labute approximate surface area is 302 Å². The molecule has 0 spiro atoms. The van der Waals surface area contributed by atoms with Gasteiger partial charge in [0, 0.05) is 52.6 Å². The minimum absolute atomic E-state index is 0.0324. The lowest BCUT2D eigenvalue weighted by Crippen LogP contribution is -2.55. The van der Waals surface area contributed by atoms with Gasteiger partial charge in [-0.15, -0.1) is 0 Å². The van der Waals surface area contributed by atoms with Crippen LogP contribution in [-0.4, -0.2) is 116 Å². The van der Waals surface area contributed by atoms with Gasteiger partial charge in [-0.3, -0.25) is 24.0 Å². The van der Waals surface area contributed by atoms with Crippen LogP contribution in [0.15, 0.2) is 54.6 Å². The number of likely N-dealkylation sites (N-methyl/N-ethyl adjacent to an activating group) is 2. The zero-order valence-corrected chi connectivity index (χ0v) is 30.7. The van der Waals surface area contributed by atoms with E-state index in [0.29, 0.717) is 57.1 Å². The molecule has 2 aliphatic rings. The van der Waals surface area contributed by atoms with E-state index in [2.05, 4.69) is 20.9 Å². The van der Waals surface area contributed by atoms with E-state index in [9.17, 15) is 24.0 Å². The lowest BCUT2D eigenvalue weighted by molar-refractivity contribution is -0.137. The molecule has 3 atom stereocenters. The van der Waals surface area contributed by atoms with E-state index in [1.54, 1.807) is 41.1 Å². The third kappa shape index (κ3) is 12.4. The number of piperazine rings is 1. The van der Waals surface area contributed by atoms with E-state index in [-0.39, 0.29) is 37.0 Å². The molecule has 0 aromatic heterocycles. The fourth-order valence-electron chi connectivity index (χ4n) is 6.45. The number of ether oxygens (including phenoxy) is 1. The first-order valence-electron chi connectivity index (χ1n) is 18.4. The number of nitrogens with one attached hydrogen (secondary N) is 3. The van der Waals surface area contributed by atoms with Gasteiger partial charge in [-0.25, -0.2) is 0 Å². The molecule has 51 heavy (non-hydrogen) atoms. The topological polar surface area (TPSA) is 140 Å². The summed E-state index contributed by atoms with van der Waals surface area (Å²) >= 11 is 0. The molecule has 3 N–H and O–H groups in total. The van der Waals surface area contributed by atoms with Crippen LogP contribution >= 0.6 is 0 Å². The van der Waals surface area contributed by atoms with Crippen LogP contribution in [0.3, 0.4) is 0 Å². The molecule has 2 aromatic carbocycles. The number of carbonyl (C=O) groups excluding carboxylic acids is 5. The van der Waals surface area contributed by atoms with Gasteiger partial charge in [0.05, 0.1) is 12.2 Å². The summed E-state index contributed by atoms with van der Waals surface area (Å²) in [5, 5.41) is 8.75. The van der Waals surface area contributed by atoms with Gasteiger partial charge in [0.25, 0.3) is 5.91 Å². The van der Waals surface area contributed by atoms with Crippen molar-refractivity contribution in [3.8, 4) is 5.75 Å². The first-order chi connectivity index (χ1) is 24.5. The maximum absolute atomic E-state index is 13.9. The summed E-state index contributed by atoms with van der Waals surface area (Å²) in [6.45, 7) is 7.40. The van der Waals surface area contributed by atoms with Gasteiger partial charge < -0.3 is 35.4 Å². The van der Waals surface area contributed by atoms with Crippen molar-refractivity contribution in [3.63, 3.8) is 0 Å². The first kappa shape index (κ1) is 39.3. The fourth-order valence-corrected chi connectivity index (χ4v) is 6.45. The molecule has 2 aliphatic heterocycles. The minimum Gasteiger partial charge on any atom is -0.493 e. The summed E-state index contributed by atoms with van der Waals surface area (Å²) in [4.78, 5) is 74.2. The van der Waals surface area contributed by atoms with Gasteiger partial charge >= 0.3 is 0 Å². The number of benzene rings is 2. The zero-order valence-electron chi connectivity index (χ0n) is 30.7. The molecule has 1 saturated heterocycles. The van der Waals surface area contributed by atoms with Crippen LogP contribution in [-0.2, 0) is 25.6 Å². The smallest absolute Gasteiger partial charge is 0.255 e. The first-order valence-corrected chi connectivity index (χ1v) is 18.4. The molecule has 4 rings (SSSR count). The van der Waals surface area contributed by atoms with Crippen LogP contribution in [0.5, 0.6) is 5.75 Å². The number of rotatable bonds is 5. The van der Waals surface area contributed by atoms with E-state index >= 15 is 0 Å². The van der Waals surface area contributed by atoms with Gasteiger partial charge in [0.1, 0.15) is 23.9 Å². The van der Waals surface area contributed by atoms with E-state index in [1.807, 2.05) is 51.2 Å². The monoisotopic (exact) mass is 704 g/mol. The van der Waals surface area contributed by atoms with E-state index in [0.717, 1.165) is 31.2 Å². The summed E-state index contributed by atoms with van der Waals surface area (Å²) in [5.41, 5.74) is 1.16. The number of carbonyl (C=O) groups is 5. The quantitative estimate of drug-likeness (QED) is 0.435. The minimum atomic E-state index is -0.970. The maximum atomic E-state index is 13.9. The standard InChI is InChI=1S/C39H56N6O6/c1-28(2)26-33-38(49)44(4)20-12-5-6-13-25-51-34-17-11-10-16-30(34)36(47)41-31(39(50)45-23-21-43(3)22-24-45)18-19-35(46)40-32(37(48)42-33)27-29-14-8-7-9-15-29/h7-11,14-17,28,31-33H,5-6,12-13,18-27H2,1-4H3,(H,40,46)(H,41,47)(H,42,48)/t31-,32-,33-/m0/s1. The van der Waals surface area contributed by atoms with Crippen LogP contribution in [0.25, 0.3) is 0 Å². The summed E-state index contributed by atoms with van der Waals surface area (Å²) in [6.07, 6.45) is 3.91. The van der Waals surface area contributed by atoms with Gasteiger partial charge in [-0.2, -0.15) is 0 Å². The van der Waals surface area contributed by atoms with Crippen molar-refractivity contribution >= 4 is 29.5 Å². The predicted octanol–water partition coefficient (Wildman–Crippen LogP) is 3.01. The van der Waals surface area contributed by atoms with Crippen molar-refractivity contribution in [1.29, 1.82) is 0 Å². The van der Waals surface area contributed by atoms with Crippen molar-refractivity contribution < 1.29 is 28.7 Å². The largest absolute Gasteiger partial charge is 0.493 e. The number of amides is 5. The fraction of sp³-hybridized carbons (Fsp3) is 0.564. The van der Waals surface area contributed by atoms with Crippen LogP contribution in [0.2, 0.25) is 0 Å². The van der Waals surface area contributed by atoms with Gasteiger partial charge in [-0.05, 0) is 56.3 Å². The highest BCUT2D eigenvalue weighted by Gasteiger charge is 2.32. The van der Waals surface area contributed by atoms with Crippen LogP contribution in [0.4, 0.5) is 0 Å². The Morgan fingerprint density at radius 1 is 0.804 bits per heavy atom. The molecular weight excluding hydrogens is 648 g/mol. The molecule has 0 bridgehead atoms. The van der Waals surface area contributed by atoms with Crippen LogP contribution in [0.1, 0.15) is 74.7 Å². The van der Waals surface area contributed by atoms with E-state index < -0.39 is 35.8 Å². The Morgan fingerprint density at radius 2 is 1.49 bits per heavy atom.